The zero-order chi connectivity index (χ0) is 16.7. The highest BCUT2D eigenvalue weighted by molar-refractivity contribution is 8.02. The molecule has 0 saturated carbocycles. The van der Waals surface area contributed by atoms with Crippen LogP contribution in [-0.4, -0.2) is 60.3 Å². The highest BCUT2D eigenvalue weighted by atomic mass is 32.2. The molecule has 0 aromatic carbocycles. The fourth-order valence-electron chi connectivity index (χ4n) is 2.65. The smallest absolute Gasteiger partial charge is 0.189 e. The van der Waals surface area contributed by atoms with Crippen molar-refractivity contribution in [2.45, 2.75) is 40.4 Å². The van der Waals surface area contributed by atoms with Crippen LogP contribution in [0.25, 0.3) is 0 Å². The lowest BCUT2D eigenvalue weighted by atomic mass is 10.4. The minimum Gasteiger partial charge on any atom is -0.229 e. The molecule has 23 heavy (non-hydrogen) atoms. The number of hydrogen-bond acceptors (Lipinski definition) is 8. The summed E-state index contributed by atoms with van der Waals surface area (Å²) in [4.78, 5) is 8.85. The summed E-state index contributed by atoms with van der Waals surface area (Å²) in [6.45, 7) is 1.87. The first-order chi connectivity index (χ1) is 10.7. The highest BCUT2D eigenvalue weighted by Gasteiger charge is 2.31. The number of sulfone groups is 2. The van der Waals surface area contributed by atoms with Gasteiger partial charge in [0, 0.05) is 16.2 Å². The van der Waals surface area contributed by atoms with Crippen molar-refractivity contribution in [3.63, 3.8) is 0 Å². The van der Waals surface area contributed by atoms with E-state index in [1.165, 1.54) is 23.5 Å². The zero-order valence-corrected chi connectivity index (χ0v) is 15.9. The number of aryl methyl sites for hydroxylation is 1. The number of aromatic nitrogens is 2. The van der Waals surface area contributed by atoms with E-state index in [4.69, 9.17) is 0 Å². The van der Waals surface area contributed by atoms with E-state index in [0.29, 0.717) is 18.0 Å². The van der Waals surface area contributed by atoms with Crippen LogP contribution < -0.4 is 0 Å². The van der Waals surface area contributed by atoms with E-state index in [1.54, 1.807) is 0 Å². The van der Waals surface area contributed by atoms with E-state index in [9.17, 15) is 16.8 Å². The molecule has 2 saturated heterocycles. The summed E-state index contributed by atoms with van der Waals surface area (Å²) in [6.07, 6.45) is 1.28. The summed E-state index contributed by atoms with van der Waals surface area (Å²) in [7, 11) is -5.82. The number of hydrogen-bond donors (Lipinski definition) is 0. The molecule has 3 rings (SSSR count). The Morgan fingerprint density at radius 3 is 2.04 bits per heavy atom. The second-order valence-electron chi connectivity index (χ2n) is 5.92. The average molecular weight is 395 g/mol. The van der Waals surface area contributed by atoms with E-state index in [0.717, 1.165) is 10.7 Å². The Balaban J connectivity index is 1.70. The minimum absolute atomic E-state index is 0.00603. The van der Waals surface area contributed by atoms with Crippen LogP contribution in [0.1, 0.15) is 18.5 Å². The van der Waals surface area contributed by atoms with Gasteiger partial charge in [-0.05, 0) is 25.8 Å². The highest BCUT2D eigenvalue weighted by Crippen LogP contribution is 2.33. The van der Waals surface area contributed by atoms with E-state index in [-0.39, 0.29) is 33.5 Å². The molecule has 0 radical (unpaired) electrons. The molecule has 2 atom stereocenters. The standard InChI is InChI=1S/C13H18N2O4S4/c1-9-6-12(20-10-2-4-22(16,17)7-10)15-13(14-9)21-11-3-5-23(18,19)8-11/h6,10-11H,2-5,7-8H2,1H3/t10-,11-/m0/s1. The molecule has 0 unspecified atom stereocenters. The monoisotopic (exact) mass is 394 g/mol. The second kappa shape index (κ2) is 6.53. The molecule has 1 aromatic heterocycles. The molecule has 3 heterocycles. The Morgan fingerprint density at radius 1 is 0.957 bits per heavy atom. The van der Waals surface area contributed by atoms with Crippen LogP contribution in [0.2, 0.25) is 0 Å². The number of nitrogens with zero attached hydrogens (tertiary/aromatic N) is 2. The quantitative estimate of drug-likeness (QED) is 0.558. The molecule has 0 amide bonds. The van der Waals surface area contributed by atoms with Gasteiger partial charge < -0.3 is 0 Å². The van der Waals surface area contributed by atoms with Crippen molar-refractivity contribution in [1.29, 1.82) is 0 Å². The molecule has 2 aliphatic heterocycles. The van der Waals surface area contributed by atoms with Gasteiger partial charge in [-0.2, -0.15) is 0 Å². The SMILES string of the molecule is Cc1cc(S[C@H]2CCS(=O)(=O)C2)nc(S[C@H]2CCS(=O)(=O)C2)n1. The Kier molecular flexibility index (Phi) is 4.97. The predicted octanol–water partition coefficient (Wildman–Crippen LogP) is 1.34. The van der Waals surface area contributed by atoms with Crippen molar-refractivity contribution >= 4 is 43.2 Å². The first-order valence-electron chi connectivity index (χ1n) is 7.31. The van der Waals surface area contributed by atoms with E-state index in [1.807, 2.05) is 13.0 Å². The van der Waals surface area contributed by atoms with Gasteiger partial charge in [0.15, 0.2) is 24.8 Å². The number of rotatable bonds is 4. The van der Waals surface area contributed by atoms with Gasteiger partial charge in [0.25, 0.3) is 0 Å². The third-order valence-corrected chi connectivity index (χ3v) is 10.0. The first kappa shape index (κ1) is 17.5. The fraction of sp³-hybridized carbons (Fsp3) is 0.692. The summed E-state index contributed by atoms with van der Waals surface area (Å²) >= 11 is 2.88. The molecule has 0 spiro atoms. The van der Waals surface area contributed by atoms with Crippen LogP contribution in [0.4, 0.5) is 0 Å². The maximum Gasteiger partial charge on any atom is 0.189 e. The molecule has 0 aliphatic carbocycles. The van der Waals surface area contributed by atoms with Gasteiger partial charge >= 0.3 is 0 Å². The van der Waals surface area contributed by atoms with Crippen LogP contribution in [0.3, 0.4) is 0 Å². The normalized spacial score (nSPS) is 28.9. The lowest BCUT2D eigenvalue weighted by molar-refractivity contribution is 0.600. The van der Waals surface area contributed by atoms with Crippen LogP contribution in [-0.2, 0) is 19.7 Å². The molecule has 10 heteroatoms. The van der Waals surface area contributed by atoms with Crippen molar-refractivity contribution < 1.29 is 16.8 Å². The lowest BCUT2D eigenvalue weighted by Gasteiger charge is -2.10. The summed E-state index contributed by atoms with van der Waals surface area (Å²) in [5, 5.41) is 1.39. The molecule has 1 aromatic rings. The van der Waals surface area contributed by atoms with Crippen LogP contribution in [0, 0.1) is 6.92 Å². The molecule has 6 nitrogen and oxygen atoms in total. The van der Waals surface area contributed by atoms with Gasteiger partial charge in [0.1, 0.15) is 5.03 Å². The summed E-state index contributed by atoms with van der Waals surface area (Å²) in [5.74, 6) is 0.858. The molecule has 2 aliphatic rings. The third kappa shape index (κ3) is 4.83. The Morgan fingerprint density at radius 2 is 1.52 bits per heavy atom. The third-order valence-electron chi connectivity index (χ3n) is 3.75. The van der Waals surface area contributed by atoms with Crippen LogP contribution in [0.15, 0.2) is 16.2 Å². The maximum atomic E-state index is 11.5. The zero-order valence-electron chi connectivity index (χ0n) is 12.6. The number of thioether (sulfide) groups is 2. The minimum atomic E-state index is -2.92. The summed E-state index contributed by atoms with van der Waals surface area (Å²) in [5.41, 5.74) is 0.812. The topological polar surface area (TPSA) is 94.1 Å². The average Bonchev–Trinajstić information content (AvgIpc) is 2.91. The second-order valence-corrected chi connectivity index (χ2v) is 13.0. The Bertz CT molecular complexity index is 743. The van der Waals surface area contributed by atoms with Crippen LogP contribution >= 0.6 is 23.5 Å². The summed E-state index contributed by atoms with van der Waals surface area (Å²) < 4.78 is 46.2. The van der Waals surface area contributed by atoms with Crippen molar-refractivity contribution in [3.8, 4) is 0 Å². The van der Waals surface area contributed by atoms with Crippen molar-refractivity contribution in [3.05, 3.63) is 11.8 Å². The van der Waals surface area contributed by atoms with Crippen molar-refractivity contribution in [2.24, 2.45) is 0 Å². The molecule has 2 fully saturated rings. The summed E-state index contributed by atoms with van der Waals surface area (Å²) in [6, 6.07) is 1.85. The van der Waals surface area contributed by atoms with Gasteiger partial charge in [0.2, 0.25) is 0 Å². The fourth-order valence-corrected chi connectivity index (χ4v) is 9.72. The lowest BCUT2D eigenvalue weighted by Crippen LogP contribution is -2.08. The molecular weight excluding hydrogens is 376 g/mol. The molecular formula is C13H18N2O4S4. The van der Waals surface area contributed by atoms with Gasteiger partial charge in [-0.1, -0.05) is 11.8 Å². The van der Waals surface area contributed by atoms with Gasteiger partial charge in [-0.25, -0.2) is 26.8 Å². The van der Waals surface area contributed by atoms with Crippen LogP contribution in [0.5, 0.6) is 0 Å². The largest absolute Gasteiger partial charge is 0.229 e. The molecule has 128 valence electrons. The van der Waals surface area contributed by atoms with Gasteiger partial charge in [0.05, 0.1) is 23.0 Å². The molecule has 0 bridgehead atoms. The Labute approximate surface area is 145 Å². The Hall–Kier alpha value is -0.320. The van der Waals surface area contributed by atoms with Crippen molar-refractivity contribution in [1.82, 2.24) is 9.97 Å². The maximum absolute atomic E-state index is 11.5. The van der Waals surface area contributed by atoms with Gasteiger partial charge in [-0.15, -0.1) is 11.8 Å². The molecule has 0 N–H and O–H groups in total. The van der Waals surface area contributed by atoms with Crippen molar-refractivity contribution in [2.75, 3.05) is 23.0 Å². The van der Waals surface area contributed by atoms with Gasteiger partial charge in [-0.3, -0.25) is 0 Å². The van der Waals surface area contributed by atoms with E-state index >= 15 is 0 Å². The first-order valence-corrected chi connectivity index (χ1v) is 12.7. The predicted molar refractivity (Wildman–Crippen MR) is 92.6 cm³/mol. The van der Waals surface area contributed by atoms with E-state index < -0.39 is 19.7 Å². The van der Waals surface area contributed by atoms with E-state index in [2.05, 4.69) is 9.97 Å².